The lowest BCUT2D eigenvalue weighted by molar-refractivity contribution is -0.118. The Morgan fingerprint density at radius 3 is 2.62 bits per heavy atom. The van der Waals surface area contributed by atoms with E-state index in [-0.39, 0.29) is 11.8 Å². The zero-order valence-electron chi connectivity index (χ0n) is 12.3. The number of aromatic nitrogens is 1. The SMILES string of the molecule is Cc1c(Cl)cccc1Nc1ccc(NC(=O)C(C)C)nc1. The first-order chi connectivity index (χ1) is 9.97. The minimum absolute atomic E-state index is 0.0473. The molecule has 0 radical (unpaired) electrons. The van der Waals surface area contributed by atoms with Crippen LogP contribution in [0.25, 0.3) is 0 Å². The van der Waals surface area contributed by atoms with Crippen molar-refractivity contribution in [1.29, 1.82) is 0 Å². The third-order valence-corrected chi connectivity index (χ3v) is 3.50. The Hall–Kier alpha value is -2.07. The van der Waals surface area contributed by atoms with Crippen molar-refractivity contribution >= 4 is 34.7 Å². The number of carbonyl (C=O) groups is 1. The molecule has 21 heavy (non-hydrogen) atoms. The molecular formula is C16H18ClN3O. The molecule has 2 rings (SSSR count). The minimum atomic E-state index is -0.0706. The summed E-state index contributed by atoms with van der Waals surface area (Å²) in [5, 5.41) is 6.73. The Bertz CT molecular complexity index is 638. The van der Waals surface area contributed by atoms with E-state index < -0.39 is 0 Å². The Morgan fingerprint density at radius 1 is 1.24 bits per heavy atom. The Balaban J connectivity index is 2.09. The molecule has 4 nitrogen and oxygen atoms in total. The fourth-order valence-corrected chi connectivity index (χ4v) is 1.89. The van der Waals surface area contributed by atoms with Crippen molar-refractivity contribution in [2.24, 2.45) is 5.92 Å². The van der Waals surface area contributed by atoms with Gasteiger partial charge in [-0.05, 0) is 36.8 Å². The predicted molar refractivity (Wildman–Crippen MR) is 87.2 cm³/mol. The van der Waals surface area contributed by atoms with Crippen molar-refractivity contribution < 1.29 is 4.79 Å². The maximum atomic E-state index is 11.6. The van der Waals surface area contributed by atoms with Gasteiger partial charge in [0.15, 0.2) is 0 Å². The lowest BCUT2D eigenvalue weighted by Crippen LogP contribution is -2.18. The van der Waals surface area contributed by atoms with Gasteiger partial charge in [-0.3, -0.25) is 4.79 Å². The summed E-state index contributed by atoms with van der Waals surface area (Å²) in [7, 11) is 0. The topological polar surface area (TPSA) is 54.0 Å². The number of amides is 1. The van der Waals surface area contributed by atoms with Gasteiger partial charge in [0.1, 0.15) is 5.82 Å². The van der Waals surface area contributed by atoms with E-state index in [2.05, 4.69) is 15.6 Å². The molecule has 0 aliphatic carbocycles. The van der Waals surface area contributed by atoms with Crippen LogP contribution < -0.4 is 10.6 Å². The molecule has 2 aromatic rings. The summed E-state index contributed by atoms with van der Waals surface area (Å²) in [5.41, 5.74) is 2.75. The normalized spacial score (nSPS) is 10.5. The maximum absolute atomic E-state index is 11.6. The highest BCUT2D eigenvalue weighted by Gasteiger charge is 2.08. The second kappa shape index (κ2) is 6.59. The first kappa shape index (κ1) is 15.3. The van der Waals surface area contributed by atoms with Gasteiger partial charge < -0.3 is 10.6 Å². The highest BCUT2D eigenvalue weighted by Crippen LogP contribution is 2.26. The van der Waals surface area contributed by atoms with Gasteiger partial charge in [-0.2, -0.15) is 0 Å². The number of halogens is 1. The largest absolute Gasteiger partial charge is 0.354 e. The van der Waals surface area contributed by atoms with Crippen LogP contribution in [0.1, 0.15) is 19.4 Å². The molecule has 0 atom stereocenters. The molecule has 1 aromatic heterocycles. The van der Waals surface area contributed by atoms with Crippen molar-refractivity contribution in [3.63, 3.8) is 0 Å². The second-order valence-corrected chi connectivity index (χ2v) is 5.52. The molecule has 0 aliphatic heterocycles. The van der Waals surface area contributed by atoms with Crippen LogP contribution in [0.2, 0.25) is 5.02 Å². The third-order valence-electron chi connectivity index (χ3n) is 3.09. The quantitative estimate of drug-likeness (QED) is 0.881. The fourth-order valence-electron chi connectivity index (χ4n) is 1.71. The van der Waals surface area contributed by atoms with E-state index in [1.54, 1.807) is 12.3 Å². The van der Waals surface area contributed by atoms with Crippen molar-refractivity contribution in [1.82, 2.24) is 4.98 Å². The average Bonchev–Trinajstić information content (AvgIpc) is 2.46. The first-order valence-corrected chi connectivity index (χ1v) is 7.14. The predicted octanol–water partition coefficient (Wildman–Crippen LogP) is 4.38. The summed E-state index contributed by atoms with van der Waals surface area (Å²) >= 11 is 6.09. The van der Waals surface area contributed by atoms with Crippen molar-refractivity contribution in [3.05, 3.63) is 47.1 Å². The van der Waals surface area contributed by atoms with Gasteiger partial charge in [-0.1, -0.05) is 31.5 Å². The van der Waals surface area contributed by atoms with E-state index in [0.29, 0.717) is 10.8 Å². The molecule has 0 saturated carbocycles. The number of hydrogen-bond donors (Lipinski definition) is 2. The molecule has 0 spiro atoms. The van der Waals surface area contributed by atoms with E-state index in [0.717, 1.165) is 16.9 Å². The molecule has 2 N–H and O–H groups in total. The van der Waals surface area contributed by atoms with Gasteiger partial charge in [0.2, 0.25) is 5.91 Å². The van der Waals surface area contributed by atoms with Crippen LogP contribution in [0, 0.1) is 12.8 Å². The van der Waals surface area contributed by atoms with Gasteiger partial charge in [0.25, 0.3) is 0 Å². The standard InChI is InChI=1S/C16H18ClN3O/c1-10(2)16(21)20-15-8-7-12(9-18-15)19-14-6-4-5-13(17)11(14)3/h4-10,19H,1-3H3,(H,18,20,21). The number of carbonyl (C=O) groups excluding carboxylic acids is 1. The molecule has 1 heterocycles. The lowest BCUT2D eigenvalue weighted by Gasteiger charge is -2.11. The molecule has 0 unspecified atom stereocenters. The molecule has 1 amide bonds. The monoisotopic (exact) mass is 303 g/mol. The number of nitrogens with zero attached hydrogens (tertiary/aromatic N) is 1. The van der Waals surface area contributed by atoms with Gasteiger partial charge in [-0.15, -0.1) is 0 Å². The van der Waals surface area contributed by atoms with Crippen LogP contribution in [0.15, 0.2) is 36.5 Å². The van der Waals surface area contributed by atoms with Gasteiger partial charge >= 0.3 is 0 Å². The summed E-state index contributed by atoms with van der Waals surface area (Å²) in [5.74, 6) is 0.426. The maximum Gasteiger partial charge on any atom is 0.228 e. The van der Waals surface area contributed by atoms with Crippen molar-refractivity contribution in [3.8, 4) is 0 Å². The molecule has 0 fully saturated rings. The number of benzene rings is 1. The summed E-state index contributed by atoms with van der Waals surface area (Å²) in [6, 6.07) is 9.33. The summed E-state index contributed by atoms with van der Waals surface area (Å²) in [6.45, 7) is 5.63. The molecule has 0 bridgehead atoms. The molecule has 5 heteroatoms. The zero-order chi connectivity index (χ0) is 15.4. The second-order valence-electron chi connectivity index (χ2n) is 5.11. The van der Waals surface area contributed by atoms with E-state index in [1.165, 1.54) is 0 Å². The lowest BCUT2D eigenvalue weighted by atomic mass is 10.2. The summed E-state index contributed by atoms with van der Waals surface area (Å²) in [4.78, 5) is 15.8. The first-order valence-electron chi connectivity index (χ1n) is 6.76. The number of pyridine rings is 1. The molecular weight excluding hydrogens is 286 g/mol. The van der Waals surface area contributed by atoms with Crippen LogP contribution >= 0.6 is 11.6 Å². The van der Waals surface area contributed by atoms with Gasteiger partial charge in [0, 0.05) is 16.6 Å². The fraction of sp³-hybridized carbons (Fsp3) is 0.250. The van der Waals surface area contributed by atoms with Crippen LogP contribution in [-0.2, 0) is 4.79 Å². The van der Waals surface area contributed by atoms with Crippen LogP contribution in [0.5, 0.6) is 0 Å². The number of anilines is 3. The van der Waals surface area contributed by atoms with Crippen molar-refractivity contribution in [2.45, 2.75) is 20.8 Å². The Labute approximate surface area is 129 Å². The molecule has 110 valence electrons. The van der Waals surface area contributed by atoms with Gasteiger partial charge in [0.05, 0.1) is 11.9 Å². The third kappa shape index (κ3) is 3.95. The Morgan fingerprint density at radius 2 is 2.00 bits per heavy atom. The Kier molecular flexibility index (Phi) is 4.81. The van der Waals surface area contributed by atoms with Crippen LogP contribution in [0.4, 0.5) is 17.2 Å². The summed E-state index contributed by atoms with van der Waals surface area (Å²) in [6.07, 6.45) is 1.68. The molecule has 0 saturated heterocycles. The number of nitrogens with one attached hydrogen (secondary N) is 2. The highest BCUT2D eigenvalue weighted by molar-refractivity contribution is 6.31. The van der Waals surface area contributed by atoms with Crippen LogP contribution in [0.3, 0.4) is 0 Å². The molecule has 0 aliphatic rings. The highest BCUT2D eigenvalue weighted by atomic mass is 35.5. The van der Waals surface area contributed by atoms with Crippen LogP contribution in [-0.4, -0.2) is 10.9 Å². The van der Waals surface area contributed by atoms with E-state index in [1.807, 2.05) is 45.0 Å². The van der Waals surface area contributed by atoms with E-state index in [9.17, 15) is 4.79 Å². The van der Waals surface area contributed by atoms with E-state index >= 15 is 0 Å². The zero-order valence-corrected chi connectivity index (χ0v) is 13.0. The van der Waals surface area contributed by atoms with Gasteiger partial charge in [-0.25, -0.2) is 4.98 Å². The number of hydrogen-bond acceptors (Lipinski definition) is 3. The minimum Gasteiger partial charge on any atom is -0.354 e. The smallest absolute Gasteiger partial charge is 0.228 e. The summed E-state index contributed by atoms with van der Waals surface area (Å²) < 4.78 is 0. The van der Waals surface area contributed by atoms with E-state index in [4.69, 9.17) is 11.6 Å². The average molecular weight is 304 g/mol. The van der Waals surface area contributed by atoms with Crippen molar-refractivity contribution in [2.75, 3.05) is 10.6 Å². The molecule has 1 aromatic carbocycles. The number of rotatable bonds is 4.